The molecular weight excluding hydrogens is 413 g/mol. The fourth-order valence-corrected chi connectivity index (χ4v) is 3.26. The largest absolute Gasteiger partial charge is 0.309 e. The highest BCUT2D eigenvalue weighted by atomic mass is 127. The average Bonchev–Trinajstić information content (AvgIpc) is 2.44. The molecule has 1 unspecified atom stereocenters. The molecule has 0 saturated heterocycles. The van der Waals surface area contributed by atoms with Gasteiger partial charge in [0.15, 0.2) is 0 Å². The molecule has 0 amide bonds. The fraction of sp³-hybridized carbons (Fsp3) is 0.250. The van der Waals surface area contributed by atoms with Crippen molar-refractivity contribution in [2.75, 3.05) is 7.05 Å². The summed E-state index contributed by atoms with van der Waals surface area (Å²) in [6.45, 7) is 2.19. The van der Waals surface area contributed by atoms with Crippen molar-refractivity contribution in [1.29, 1.82) is 0 Å². The highest BCUT2D eigenvalue weighted by Crippen LogP contribution is 2.29. The van der Waals surface area contributed by atoms with E-state index in [0.29, 0.717) is 0 Å². The van der Waals surface area contributed by atoms with Crippen LogP contribution in [0.5, 0.6) is 0 Å². The second-order valence-electron chi connectivity index (χ2n) is 4.49. The molecule has 2 aromatic carbocycles. The summed E-state index contributed by atoms with van der Waals surface area (Å²) >= 11 is 5.96. The van der Waals surface area contributed by atoms with Gasteiger partial charge in [0.1, 0.15) is 0 Å². The minimum Gasteiger partial charge on any atom is -0.309 e. The molecule has 100 valence electrons. The van der Waals surface area contributed by atoms with Crippen LogP contribution in [0, 0.1) is 3.57 Å². The third-order valence-corrected chi connectivity index (χ3v) is 4.73. The van der Waals surface area contributed by atoms with Crippen molar-refractivity contribution in [3.63, 3.8) is 0 Å². The third-order valence-electron chi connectivity index (χ3n) is 3.25. The van der Waals surface area contributed by atoms with E-state index >= 15 is 0 Å². The van der Waals surface area contributed by atoms with Crippen molar-refractivity contribution in [3.05, 3.63) is 67.2 Å². The van der Waals surface area contributed by atoms with Crippen LogP contribution in [0.1, 0.15) is 29.7 Å². The Kier molecular flexibility index (Phi) is 5.42. The van der Waals surface area contributed by atoms with Crippen molar-refractivity contribution in [2.24, 2.45) is 0 Å². The Bertz CT molecular complexity index is 568. The lowest BCUT2D eigenvalue weighted by atomic mass is 9.97. The van der Waals surface area contributed by atoms with Crippen LogP contribution < -0.4 is 5.32 Å². The smallest absolute Gasteiger partial charge is 0.0585 e. The normalized spacial score (nSPS) is 12.4. The first kappa shape index (κ1) is 15.0. The van der Waals surface area contributed by atoms with Crippen LogP contribution in [0.4, 0.5) is 0 Å². The zero-order chi connectivity index (χ0) is 13.8. The summed E-state index contributed by atoms with van der Waals surface area (Å²) in [5, 5.41) is 3.43. The number of rotatable bonds is 4. The quantitative estimate of drug-likeness (QED) is 0.679. The Morgan fingerprint density at radius 1 is 1.21 bits per heavy atom. The predicted molar refractivity (Wildman–Crippen MR) is 93.6 cm³/mol. The second kappa shape index (κ2) is 6.86. The number of hydrogen-bond acceptors (Lipinski definition) is 1. The predicted octanol–water partition coefficient (Wildman–Crippen LogP) is 4.92. The molecule has 0 aliphatic carbocycles. The average molecular weight is 430 g/mol. The van der Waals surface area contributed by atoms with E-state index in [4.69, 9.17) is 0 Å². The summed E-state index contributed by atoms with van der Waals surface area (Å²) in [7, 11) is 2.01. The Labute approximate surface area is 137 Å². The molecule has 0 fully saturated rings. The molecule has 3 heteroatoms. The van der Waals surface area contributed by atoms with Gasteiger partial charge >= 0.3 is 0 Å². The number of aryl methyl sites for hydroxylation is 1. The first-order valence-corrected chi connectivity index (χ1v) is 8.24. The van der Waals surface area contributed by atoms with Gasteiger partial charge in [-0.25, -0.2) is 0 Å². The van der Waals surface area contributed by atoms with Crippen LogP contribution >= 0.6 is 38.5 Å². The lowest BCUT2D eigenvalue weighted by Gasteiger charge is -2.20. The van der Waals surface area contributed by atoms with E-state index in [0.717, 1.165) is 10.9 Å². The number of hydrogen-bond donors (Lipinski definition) is 1. The summed E-state index contributed by atoms with van der Waals surface area (Å²) in [4.78, 5) is 0. The lowest BCUT2D eigenvalue weighted by molar-refractivity contribution is 0.687. The van der Waals surface area contributed by atoms with Crippen molar-refractivity contribution >= 4 is 38.5 Å². The lowest BCUT2D eigenvalue weighted by Crippen LogP contribution is -2.19. The standard InChI is InChI=1S/C16H17BrIN/c1-3-11-5-4-6-12(9-11)16(19-2)14-10-13(17)7-8-15(14)18/h4-10,16,19H,3H2,1-2H3. The SMILES string of the molecule is CCc1cccc(C(NC)c2cc(Br)ccc2I)c1. The molecule has 0 spiro atoms. The Morgan fingerprint density at radius 3 is 2.68 bits per heavy atom. The molecule has 19 heavy (non-hydrogen) atoms. The van der Waals surface area contributed by atoms with Gasteiger partial charge in [0.05, 0.1) is 6.04 Å². The van der Waals surface area contributed by atoms with E-state index in [1.54, 1.807) is 0 Å². The van der Waals surface area contributed by atoms with Crippen LogP contribution in [-0.4, -0.2) is 7.05 Å². The Morgan fingerprint density at radius 2 is 2.00 bits per heavy atom. The highest BCUT2D eigenvalue weighted by Gasteiger charge is 2.15. The first-order chi connectivity index (χ1) is 9.15. The fourth-order valence-electron chi connectivity index (χ4n) is 2.23. The van der Waals surface area contributed by atoms with E-state index in [2.05, 4.69) is 93.2 Å². The maximum Gasteiger partial charge on any atom is 0.0585 e. The Balaban J connectivity index is 2.46. The van der Waals surface area contributed by atoms with Crippen LogP contribution in [0.15, 0.2) is 46.9 Å². The van der Waals surface area contributed by atoms with E-state index in [9.17, 15) is 0 Å². The summed E-state index contributed by atoms with van der Waals surface area (Å²) < 4.78 is 2.40. The van der Waals surface area contributed by atoms with Crippen molar-refractivity contribution in [2.45, 2.75) is 19.4 Å². The molecular formula is C16H17BrIN. The first-order valence-electron chi connectivity index (χ1n) is 6.36. The molecule has 1 atom stereocenters. The van der Waals surface area contributed by atoms with Crippen LogP contribution in [0.25, 0.3) is 0 Å². The van der Waals surface area contributed by atoms with Gasteiger partial charge in [0, 0.05) is 8.04 Å². The molecule has 0 aliphatic rings. The molecule has 1 N–H and O–H groups in total. The Hall–Kier alpha value is -0.390. The maximum absolute atomic E-state index is 3.56. The van der Waals surface area contributed by atoms with Gasteiger partial charge in [0.2, 0.25) is 0 Å². The maximum atomic E-state index is 3.56. The van der Waals surface area contributed by atoms with Crippen LogP contribution in [0.3, 0.4) is 0 Å². The van der Waals surface area contributed by atoms with Gasteiger partial charge in [-0.1, -0.05) is 47.1 Å². The van der Waals surface area contributed by atoms with Crippen molar-refractivity contribution in [3.8, 4) is 0 Å². The van der Waals surface area contributed by atoms with Gasteiger partial charge < -0.3 is 5.32 Å². The van der Waals surface area contributed by atoms with E-state index < -0.39 is 0 Å². The van der Waals surface area contributed by atoms with Gasteiger partial charge in [-0.3, -0.25) is 0 Å². The number of nitrogens with one attached hydrogen (secondary N) is 1. The van der Waals surface area contributed by atoms with E-state index in [1.807, 2.05) is 7.05 Å². The van der Waals surface area contributed by atoms with Crippen molar-refractivity contribution < 1.29 is 0 Å². The monoisotopic (exact) mass is 429 g/mol. The second-order valence-corrected chi connectivity index (χ2v) is 6.56. The van der Waals surface area contributed by atoms with Crippen LogP contribution in [0.2, 0.25) is 0 Å². The molecule has 0 bridgehead atoms. The number of halogens is 2. The zero-order valence-electron chi connectivity index (χ0n) is 11.1. The molecule has 2 aromatic rings. The molecule has 2 rings (SSSR count). The van der Waals surface area contributed by atoms with Gasteiger partial charge in [0.25, 0.3) is 0 Å². The molecule has 0 radical (unpaired) electrons. The summed E-state index contributed by atoms with van der Waals surface area (Å²) in [5.41, 5.74) is 4.01. The highest BCUT2D eigenvalue weighted by molar-refractivity contribution is 14.1. The summed E-state index contributed by atoms with van der Waals surface area (Å²) in [5.74, 6) is 0. The molecule has 1 nitrogen and oxygen atoms in total. The molecule has 0 heterocycles. The van der Waals surface area contributed by atoms with Gasteiger partial charge in [-0.15, -0.1) is 0 Å². The summed E-state index contributed by atoms with van der Waals surface area (Å²) in [6.07, 6.45) is 1.07. The molecule has 0 aliphatic heterocycles. The van der Waals surface area contributed by atoms with E-state index in [1.165, 1.54) is 20.3 Å². The minimum atomic E-state index is 0.232. The molecule has 0 saturated carbocycles. The molecule has 0 aromatic heterocycles. The van der Waals surface area contributed by atoms with Gasteiger partial charge in [-0.2, -0.15) is 0 Å². The van der Waals surface area contributed by atoms with Crippen LogP contribution in [-0.2, 0) is 6.42 Å². The zero-order valence-corrected chi connectivity index (χ0v) is 14.8. The topological polar surface area (TPSA) is 12.0 Å². The van der Waals surface area contributed by atoms with E-state index in [-0.39, 0.29) is 6.04 Å². The van der Waals surface area contributed by atoms with Gasteiger partial charge in [-0.05, 0) is 70.9 Å². The minimum absolute atomic E-state index is 0.232. The van der Waals surface area contributed by atoms with Crippen molar-refractivity contribution in [1.82, 2.24) is 5.32 Å². The number of benzene rings is 2. The summed E-state index contributed by atoms with van der Waals surface area (Å²) in [6, 6.07) is 15.5. The third kappa shape index (κ3) is 3.58.